The summed E-state index contributed by atoms with van der Waals surface area (Å²) in [5.74, 6) is 0. The molecule has 0 fully saturated rings. The van der Waals surface area contributed by atoms with Crippen molar-refractivity contribution in [1.82, 2.24) is 10.9 Å². The van der Waals surface area contributed by atoms with Crippen LogP contribution in [0.3, 0.4) is 0 Å². The molecule has 1 aliphatic heterocycles. The van der Waals surface area contributed by atoms with Crippen molar-refractivity contribution in [3.05, 3.63) is 63.9 Å². The van der Waals surface area contributed by atoms with E-state index in [0.717, 1.165) is 0 Å². The van der Waals surface area contributed by atoms with E-state index in [1.165, 1.54) is 41.0 Å². The fourth-order valence-corrected chi connectivity index (χ4v) is 3.14. The molecule has 1 aromatic heterocycles. The minimum Gasteiger partial charge on any atom is -0.319 e. The van der Waals surface area contributed by atoms with Gasteiger partial charge in [0.1, 0.15) is 0 Å². The molecule has 0 saturated carbocycles. The smallest absolute Gasteiger partial charge is 0.0714 e. The first kappa shape index (κ1) is 13.4. The van der Waals surface area contributed by atoms with Gasteiger partial charge < -0.3 is 5.43 Å². The van der Waals surface area contributed by atoms with Gasteiger partial charge in [-0.2, -0.15) is 0 Å². The summed E-state index contributed by atoms with van der Waals surface area (Å²) in [6.07, 6.45) is 5.96. The molecule has 0 aliphatic carbocycles. The summed E-state index contributed by atoms with van der Waals surface area (Å²) in [5.41, 5.74) is 10.5. The number of hydrogen-bond acceptors (Lipinski definition) is 3. The van der Waals surface area contributed by atoms with E-state index in [1.54, 1.807) is 11.3 Å². The van der Waals surface area contributed by atoms with Crippen LogP contribution in [0.4, 0.5) is 0 Å². The second-order valence-electron chi connectivity index (χ2n) is 5.15. The lowest BCUT2D eigenvalue weighted by molar-refractivity contribution is 0.616. The topological polar surface area (TPSA) is 24.1 Å². The monoisotopic (exact) mass is 284 g/mol. The highest BCUT2D eigenvalue weighted by molar-refractivity contribution is 7.11. The molecule has 0 bridgehead atoms. The lowest BCUT2D eigenvalue weighted by Gasteiger charge is -2.10. The molecule has 3 heteroatoms. The van der Waals surface area contributed by atoms with E-state index in [1.807, 2.05) is 0 Å². The first-order chi connectivity index (χ1) is 9.86. The van der Waals surface area contributed by atoms with E-state index in [2.05, 4.69) is 65.6 Å². The lowest BCUT2D eigenvalue weighted by atomic mass is 10.0. The Morgan fingerprint density at radius 2 is 2.00 bits per heavy atom. The van der Waals surface area contributed by atoms with Crippen LogP contribution >= 0.6 is 11.3 Å². The number of benzene rings is 1. The van der Waals surface area contributed by atoms with Crippen molar-refractivity contribution in [3.8, 4) is 0 Å². The van der Waals surface area contributed by atoms with E-state index >= 15 is 0 Å². The number of thiophene rings is 1. The van der Waals surface area contributed by atoms with Gasteiger partial charge in [0.2, 0.25) is 0 Å². The van der Waals surface area contributed by atoms with E-state index in [9.17, 15) is 0 Å². The highest BCUT2D eigenvalue weighted by Crippen LogP contribution is 2.26. The Morgan fingerprint density at radius 3 is 2.70 bits per heavy atom. The van der Waals surface area contributed by atoms with Crippen molar-refractivity contribution in [2.75, 3.05) is 0 Å². The van der Waals surface area contributed by atoms with Crippen LogP contribution in [0.25, 0.3) is 5.70 Å². The molecular formula is C17H20N2S. The first-order valence-electron chi connectivity index (χ1n) is 7.23. The molecule has 3 rings (SSSR count). The predicted molar refractivity (Wildman–Crippen MR) is 86.4 cm³/mol. The number of rotatable bonds is 5. The molecule has 0 radical (unpaired) electrons. The maximum absolute atomic E-state index is 3.34. The van der Waals surface area contributed by atoms with Crippen LogP contribution in [0.2, 0.25) is 0 Å². The molecule has 2 heterocycles. The molecular weight excluding hydrogens is 264 g/mol. The Hall–Kier alpha value is -1.58. The Balaban J connectivity index is 1.71. The minimum absolute atomic E-state index is 0.257. The van der Waals surface area contributed by atoms with Crippen LogP contribution in [0.5, 0.6) is 0 Å². The van der Waals surface area contributed by atoms with Crippen LogP contribution in [0, 0.1) is 0 Å². The summed E-state index contributed by atoms with van der Waals surface area (Å²) in [7, 11) is 0. The predicted octanol–water partition coefficient (Wildman–Crippen LogP) is 4.28. The number of hydrogen-bond donors (Lipinski definition) is 2. The average Bonchev–Trinajstić information content (AvgIpc) is 3.16. The normalized spacial score (nSPS) is 17.9. The standard InChI is InChI=1S/C17H20N2S/c1-2-3-5-13-7-9-14(10-8-13)15-12-16(19-18-15)17-6-4-11-20-17/h4,6-12,15,18-19H,2-3,5H2,1H3. The molecule has 1 atom stereocenters. The largest absolute Gasteiger partial charge is 0.319 e. The Bertz CT molecular complexity index is 570. The Kier molecular flexibility index (Phi) is 4.19. The summed E-state index contributed by atoms with van der Waals surface area (Å²) in [5, 5.41) is 2.10. The third kappa shape index (κ3) is 2.94. The van der Waals surface area contributed by atoms with Crippen LogP contribution in [-0.4, -0.2) is 0 Å². The lowest BCUT2D eigenvalue weighted by Crippen LogP contribution is -2.26. The van der Waals surface area contributed by atoms with Crippen molar-refractivity contribution >= 4 is 17.0 Å². The molecule has 0 saturated heterocycles. The third-order valence-corrected chi connectivity index (χ3v) is 4.54. The molecule has 1 aliphatic rings. The average molecular weight is 284 g/mol. The summed E-state index contributed by atoms with van der Waals surface area (Å²) >= 11 is 1.76. The second kappa shape index (κ2) is 6.25. The summed E-state index contributed by atoms with van der Waals surface area (Å²) in [6, 6.07) is 13.5. The molecule has 2 nitrogen and oxygen atoms in total. The van der Waals surface area contributed by atoms with Gasteiger partial charge in [0.15, 0.2) is 0 Å². The highest BCUT2D eigenvalue weighted by Gasteiger charge is 2.17. The molecule has 0 spiro atoms. The van der Waals surface area contributed by atoms with Gasteiger partial charge in [-0.15, -0.1) is 11.3 Å². The third-order valence-electron chi connectivity index (χ3n) is 3.64. The van der Waals surface area contributed by atoms with Gasteiger partial charge in [-0.1, -0.05) is 43.7 Å². The maximum atomic E-state index is 3.34. The second-order valence-corrected chi connectivity index (χ2v) is 6.10. The zero-order chi connectivity index (χ0) is 13.8. The van der Waals surface area contributed by atoms with Gasteiger partial charge in [0.05, 0.1) is 16.6 Å². The van der Waals surface area contributed by atoms with Crippen molar-refractivity contribution in [2.24, 2.45) is 0 Å². The highest BCUT2D eigenvalue weighted by atomic mass is 32.1. The van der Waals surface area contributed by atoms with Gasteiger partial charge in [0.25, 0.3) is 0 Å². The van der Waals surface area contributed by atoms with Gasteiger partial charge >= 0.3 is 0 Å². The van der Waals surface area contributed by atoms with E-state index < -0.39 is 0 Å². The van der Waals surface area contributed by atoms with Gasteiger partial charge in [-0.25, -0.2) is 5.43 Å². The number of aryl methyl sites for hydroxylation is 1. The Morgan fingerprint density at radius 1 is 1.15 bits per heavy atom. The van der Waals surface area contributed by atoms with Crippen molar-refractivity contribution < 1.29 is 0 Å². The number of hydrazine groups is 1. The van der Waals surface area contributed by atoms with E-state index in [4.69, 9.17) is 0 Å². The summed E-state index contributed by atoms with van der Waals surface area (Å²) in [4.78, 5) is 1.28. The molecule has 20 heavy (non-hydrogen) atoms. The van der Waals surface area contributed by atoms with Gasteiger partial charge in [-0.3, -0.25) is 0 Å². The quantitative estimate of drug-likeness (QED) is 0.856. The van der Waals surface area contributed by atoms with Crippen molar-refractivity contribution in [3.63, 3.8) is 0 Å². The van der Waals surface area contributed by atoms with Crippen LogP contribution in [0.15, 0.2) is 47.9 Å². The van der Waals surface area contributed by atoms with Gasteiger partial charge in [-0.05, 0) is 41.5 Å². The van der Waals surface area contributed by atoms with Crippen molar-refractivity contribution in [2.45, 2.75) is 32.2 Å². The molecule has 1 unspecified atom stereocenters. The minimum atomic E-state index is 0.257. The summed E-state index contributed by atoms with van der Waals surface area (Å²) < 4.78 is 0. The van der Waals surface area contributed by atoms with Crippen LogP contribution < -0.4 is 10.9 Å². The van der Waals surface area contributed by atoms with E-state index in [-0.39, 0.29) is 6.04 Å². The van der Waals surface area contributed by atoms with Gasteiger partial charge in [0, 0.05) is 0 Å². The molecule has 0 amide bonds. The first-order valence-corrected chi connectivity index (χ1v) is 8.11. The van der Waals surface area contributed by atoms with E-state index in [0.29, 0.717) is 0 Å². The SMILES string of the molecule is CCCCc1ccc(C2C=C(c3cccs3)NN2)cc1. The van der Waals surface area contributed by atoms with Crippen LogP contribution in [-0.2, 0) is 6.42 Å². The van der Waals surface area contributed by atoms with Crippen molar-refractivity contribution in [1.29, 1.82) is 0 Å². The zero-order valence-corrected chi connectivity index (χ0v) is 12.5. The zero-order valence-electron chi connectivity index (χ0n) is 11.7. The maximum Gasteiger partial charge on any atom is 0.0714 e. The Labute approximate surface area is 124 Å². The molecule has 2 N–H and O–H groups in total. The fourth-order valence-electron chi connectivity index (χ4n) is 2.43. The summed E-state index contributed by atoms with van der Waals surface area (Å²) in [6.45, 7) is 2.24. The fraction of sp³-hybridized carbons (Fsp3) is 0.294. The van der Waals surface area contributed by atoms with Crippen LogP contribution in [0.1, 0.15) is 41.8 Å². The number of nitrogens with one attached hydrogen (secondary N) is 2. The molecule has 1 aromatic carbocycles. The molecule has 2 aromatic rings. The number of unbranched alkanes of at least 4 members (excludes halogenated alkanes) is 1. The molecule has 104 valence electrons.